The van der Waals surface area contributed by atoms with Crippen LogP contribution in [0, 0.1) is 0 Å². The summed E-state index contributed by atoms with van der Waals surface area (Å²) in [5.74, 6) is -0.708. The minimum absolute atomic E-state index is 0.336. The normalized spacial score (nSPS) is 23.7. The fourth-order valence-electron chi connectivity index (χ4n) is 1.95. The standard InChI is InChI=1S/C7H12N2O3.C6H10N2O3/c1-3-9-6(12-4-2)5(10)8-7(9)11;1-3-11-4-5(9)8(2)6(10)7-4/h6H,3-4H2,1-2H3,(H,8,10,11);4H,3H2,1-2H3,(H,7,10). The zero-order chi connectivity index (χ0) is 17.6. The Balaban J connectivity index is 0.000000231. The summed E-state index contributed by atoms with van der Waals surface area (Å²) in [4.78, 5) is 46.2. The first-order chi connectivity index (χ1) is 10.9. The minimum atomic E-state index is -0.780. The van der Waals surface area contributed by atoms with Crippen molar-refractivity contribution < 1.29 is 28.7 Å². The number of urea groups is 2. The summed E-state index contributed by atoms with van der Waals surface area (Å²) in [6, 6.07) is -0.783. The van der Waals surface area contributed by atoms with Crippen molar-refractivity contribution in [3.63, 3.8) is 0 Å². The maximum Gasteiger partial charge on any atom is 0.326 e. The fraction of sp³-hybridized carbons (Fsp3) is 0.692. The maximum atomic E-state index is 11.0. The molecule has 0 radical (unpaired) electrons. The van der Waals surface area contributed by atoms with Gasteiger partial charge in [0.15, 0.2) is 0 Å². The van der Waals surface area contributed by atoms with Crippen molar-refractivity contribution in [1.29, 1.82) is 0 Å². The topological polar surface area (TPSA) is 117 Å². The first-order valence-corrected chi connectivity index (χ1v) is 7.30. The van der Waals surface area contributed by atoms with Crippen LogP contribution >= 0.6 is 0 Å². The molecule has 10 heteroatoms. The van der Waals surface area contributed by atoms with Gasteiger partial charge in [0.25, 0.3) is 11.8 Å². The van der Waals surface area contributed by atoms with E-state index in [1.54, 1.807) is 20.8 Å². The predicted octanol–water partition coefficient (Wildman–Crippen LogP) is -0.549. The molecule has 2 atom stereocenters. The van der Waals surface area contributed by atoms with Crippen LogP contribution in [0.15, 0.2) is 0 Å². The monoisotopic (exact) mass is 330 g/mol. The van der Waals surface area contributed by atoms with Crippen molar-refractivity contribution in [2.24, 2.45) is 0 Å². The van der Waals surface area contributed by atoms with Crippen LogP contribution in [0.4, 0.5) is 9.59 Å². The Labute approximate surface area is 134 Å². The van der Waals surface area contributed by atoms with Crippen LogP contribution < -0.4 is 10.6 Å². The predicted molar refractivity (Wildman–Crippen MR) is 78.0 cm³/mol. The highest BCUT2D eigenvalue weighted by molar-refractivity contribution is 6.03. The van der Waals surface area contributed by atoms with Gasteiger partial charge in [-0.3, -0.25) is 24.7 Å². The SMILES string of the molecule is CCOC1C(=O)NC(=O)N1CC.CCOC1NC(=O)N(C)C1=O. The molecule has 23 heavy (non-hydrogen) atoms. The van der Waals surface area contributed by atoms with Crippen molar-refractivity contribution in [2.45, 2.75) is 33.2 Å². The van der Waals surface area contributed by atoms with E-state index < -0.39 is 18.5 Å². The summed E-state index contributed by atoms with van der Waals surface area (Å²) >= 11 is 0. The van der Waals surface area contributed by atoms with Crippen LogP contribution in [0.25, 0.3) is 0 Å². The number of amides is 6. The third kappa shape index (κ3) is 4.39. The van der Waals surface area contributed by atoms with E-state index in [0.29, 0.717) is 19.8 Å². The molecular formula is C13H22N4O6. The summed E-state index contributed by atoms with van der Waals surface area (Å²) in [5, 5.41) is 4.55. The molecule has 0 bridgehead atoms. The van der Waals surface area contributed by atoms with Crippen molar-refractivity contribution in [1.82, 2.24) is 20.4 Å². The van der Waals surface area contributed by atoms with Gasteiger partial charge in [-0.05, 0) is 20.8 Å². The lowest BCUT2D eigenvalue weighted by Crippen LogP contribution is -2.36. The first-order valence-electron chi connectivity index (χ1n) is 7.30. The number of rotatable bonds is 5. The zero-order valence-electron chi connectivity index (χ0n) is 13.6. The number of nitrogens with zero attached hydrogens (tertiary/aromatic N) is 2. The van der Waals surface area contributed by atoms with E-state index in [0.717, 1.165) is 4.90 Å². The van der Waals surface area contributed by atoms with Gasteiger partial charge in [0, 0.05) is 26.8 Å². The van der Waals surface area contributed by atoms with Crippen molar-refractivity contribution in [3.05, 3.63) is 0 Å². The number of imide groups is 2. The number of ether oxygens (including phenoxy) is 2. The van der Waals surface area contributed by atoms with Crippen LogP contribution in [-0.2, 0) is 19.1 Å². The van der Waals surface area contributed by atoms with Crippen LogP contribution in [0.2, 0.25) is 0 Å². The maximum absolute atomic E-state index is 11.0. The number of hydrogen-bond donors (Lipinski definition) is 2. The van der Waals surface area contributed by atoms with Crippen molar-refractivity contribution in [3.8, 4) is 0 Å². The molecule has 6 amide bonds. The lowest BCUT2D eigenvalue weighted by Gasteiger charge is -2.18. The van der Waals surface area contributed by atoms with E-state index in [4.69, 9.17) is 9.47 Å². The molecule has 0 spiro atoms. The molecule has 0 aromatic rings. The van der Waals surface area contributed by atoms with E-state index in [-0.39, 0.29) is 17.8 Å². The van der Waals surface area contributed by atoms with Gasteiger partial charge in [0.05, 0.1) is 0 Å². The van der Waals surface area contributed by atoms with Crippen molar-refractivity contribution >= 4 is 23.9 Å². The molecule has 2 aliphatic rings. The van der Waals surface area contributed by atoms with Gasteiger partial charge in [0.1, 0.15) is 0 Å². The summed E-state index contributed by atoms with van der Waals surface area (Å²) in [5.41, 5.74) is 0. The molecule has 2 aliphatic heterocycles. The Bertz CT molecular complexity index is 483. The fourth-order valence-corrected chi connectivity index (χ4v) is 1.95. The summed E-state index contributed by atoms with van der Waals surface area (Å²) < 4.78 is 10.0. The zero-order valence-corrected chi connectivity index (χ0v) is 13.6. The minimum Gasteiger partial charge on any atom is -0.350 e. The summed E-state index contributed by atoms with van der Waals surface area (Å²) in [6.45, 7) is 6.64. The van der Waals surface area contributed by atoms with Crippen molar-refractivity contribution in [2.75, 3.05) is 26.8 Å². The molecule has 0 aromatic carbocycles. The summed E-state index contributed by atoms with van der Waals surface area (Å²) in [7, 11) is 1.41. The quantitative estimate of drug-likeness (QED) is 0.653. The lowest BCUT2D eigenvalue weighted by molar-refractivity contribution is -0.136. The molecule has 2 heterocycles. The smallest absolute Gasteiger partial charge is 0.326 e. The molecule has 2 N–H and O–H groups in total. The molecule has 0 aliphatic carbocycles. The Morgan fingerprint density at radius 1 is 1.00 bits per heavy atom. The molecule has 2 unspecified atom stereocenters. The molecule has 0 aromatic heterocycles. The van der Waals surface area contributed by atoms with Crippen LogP contribution in [0.3, 0.4) is 0 Å². The van der Waals surface area contributed by atoms with Gasteiger partial charge in [-0.25, -0.2) is 9.59 Å². The molecule has 2 saturated heterocycles. The second-order valence-corrected chi connectivity index (χ2v) is 4.57. The van der Waals surface area contributed by atoms with Gasteiger partial charge in [-0.2, -0.15) is 0 Å². The Kier molecular flexibility index (Phi) is 6.91. The molecular weight excluding hydrogens is 308 g/mol. The number of carbonyl (C=O) groups is 4. The van der Waals surface area contributed by atoms with Gasteiger partial charge in [-0.1, -0.05) is 0 Å². The van der Waals surface area contributed by atoms with Crippen LogP contribution in [0.1, 0.15) is 20.8 Å². The van der Waals surface area contributed by atoms with Gasteiger partial charge in [-0.15, -0.1) is 0 Å². The molecule has 2 rings (SSSR count). The molecule has 2 fully saturated rings. The number of hydrogen-bond acceptors (Lipinski definition) is 6. The molecule has 0 saturated carbocycles. The first kappa shape index (κ1) is 18.8. The van der Waals surface area contributed by atoms with Crippen LogP contribution in [-0.4, -0.2) is 72.9 Å². The second-order valence-electron chi connectivity index (χ2n) is 4.57. The van der Waals surface area contributed by atoms with Crippen LogP contribution in [0.5, 0.6) is 0 Å². The third-order valence-corrected chi connectivity index (χ3v) is 3.11. The average Bonchev–Trinajstić information content (AvgIpc) is 2.91. The molecule has 130 valence electrons. The largest absolute Gasteiger partial charge is 0.350 e. The van der Waals surface area contributed by atoms with E-state index in [1.807, 2.05) is 0 Å². The lowest BCUT2D eigenvalue weighted by atomic mass is 10.5. The highest BCUT2D eigenvalue weighted by Gasteiger charge is 2.37. The number of likely N-dealkylation sites (N-methyl/N-ethyl adjacent to an activating group) is 2. The molecule has 10 nitrogen and oxygen atoms in total. The number of carbonyl (C=O) groups excluding carboxylic acids is 4. The average molecular weight is 330 g/mol. The van der Waals surface area contributed by atoms with E-state index >= 15 is 0 Å². The number of nitrogens with one attached hydrogen (secondary N) is 2. The van der Waals surface area contributed by atoms with Gasteiger partial charge < -0.3 is 14.8 Å². The Hall–Kier alpha value is -2.20. The highest BCUT2D eigenvalue weighted by atomic mass is 16.5. The van der Waals surface area contributed by atoms with E-state index in [2.05, 4.69) is 10.6 Å². The van der Waals surface area contributed by atoms with E-state index in [9.17, 15) is 19.2 Å². The Morgan fingerprint density at radius 2 is 1.61 bits per heavy atom. The summed E-state index contributed by atoms with van der Waals surface area (Å²) in [6.07, 6.45) is -1.51. The highest BCUT2D eigenvalue weighted by Crippen LogP contribution is 2.08. The van der Waals surface area contributed by atoms with Gasteiger partial charge in [0.2, 0.25) is 12.5 Å². The Morgan fingerprint density at radius 3 is 2.04 bits per heavy atom. The third-order valence-electron chi connectivity index (χ3n) is 3.11. The second kappa shape index (κ2) is 8.44. The van der Waals surface area contributed by atoms with Gasteiger partial charge >= 0.3 is 12.1 Å². The van der Waals surface area contributed by atoms with E-state index in [1.165, 1.54) is 11.9 Å².